The van der Waals surface area contributed by atoms with Crippen LogP contribution in [-0.4, -0.2) is 21.6 Å². The van der Waals surface area contributed by atoms with Gasteiger partial charge in [0.05, 0.1) is 11.1 Å². The van der Waals surface area contributed by atoms with E-state index < -0.39 is 6.97 Å². The lowest BCUT2D eigenvalue weighted by atomic mass is 9.87. The van der Waals surface area contributed by atoms with Gasteiger partial charge in [-0.2, -0.15) is 0 Å². The van der Waals surface area contributed by atoms with E-state index >= 15 is 8.63 Å². The topological polar surface area (TPSA) is 7.94 Å². The Morgan fingerprint density at radius 1 is 0.400 bits per heavy atom. The van der Waals surface area contributed by atoms with Gasteiger partial charge in [-0.3, -0.25) is 0 Å². The van der Waals surface area contributed by atoms with E-state index in [9.17, 15) is 0 Å². The average Bonchev–Trinajstić information content (AvgIpc) is 3.72. The highest BCUT2D eigenvalue weighted by atomic mass is 19.2. The van der Waals surface area contributed by atoms with Gasteiger partial charge in [0, 0.05) is 34.2 Å². The molecule has 0 saturated heterocycles. The van der Waals surface area contributed by atoms with Crippen LogP contribution in [0.3, 0.4) is 0 Å². The molecule has 0 radical (unpaired) electrons. The first-order valence-corrected chi connectivity index (χ1v) is 16.9. The van der Waals surface area contributed by atoms with Gasteiger partial charge in [-0.1, -0.05) is 170 Å². The second-order valence-electron chi connectivity index (χ2n) is 12.6. The zero-order valence-electron chi connectivity index (χ0n) is 27.1. The molecule has 5 heteroatoms. The van der Waals surface area contributed by atoms with Gasteiger partial charge < -0.3 is 17.6 Å². The summed E-state index contributed by atoms with van der Waals surface area (Å²) < 4.78 is 39.7. The molecule has 0 spiro atoms. The molecule has 0 bridgehead atoms. The summed E-state index contributed by atoms with van der Waals surface area (Å²) in [5.74, 6) is 0. The van der Waals surface area contributed by atoms with Crippen molar-refractivity contribution in [2.45, 2.75) is 0 Å². The van der Waals surface area contributed by atoms with Crippen LogP contribution in [0.25, 0.3) is 50.7 Å². The predicted molar refractivity (Wildman–Crippen MR) is 203 cm³/mol. The Balaban J connectivity index is 1.49. The molecule has 1 aromatic heterocycles. The van der Waals surface area contributed by atoms with Crippen LogP contribution >= 0.6 is 0 Å². The van der Waals surface area contributed by atoms with Gasteiger partial charge in [-0.25, -0.2) is 0 Å². The minimum atomic E-state index is -4.48. The molecular formula is C45H31BF2N2. The molecule has 2 aliphatic rings. The molecular weight excluding hydrogens is 617 g/mol. The largest absolute Gasteiger partial charge is 0.737 e. The van der Waals surface area contributed by atoms with Crippen molar-refractivity contribution in [3.05, 3.63) is 210 Å². The van der Waals surface area contributed by atoms with Crippen LogP contribution in [0.15, 0.2) is 188 Å². The van der Waals surface area contributed by atoms with Crippen molar-refractivity contribution in [2.24, 2.45) is 0 Å². The van der Waals surface area contributed by atoms with Crippen molar-refractivity contribution in [1.29, 1.82) is 0 Å². The van der Waals surface area contributed by atoms with Gasteiger partial charge >= 0.3 is 6.97 Å². The van der Waals surface area contributed by atoms with Crippen molar-refractivity contribution in [2.75, 3.05) is 0 Å². The highest BCUT2D eigenvalue weighted by molar-refractivity contribution is 6.61. The third-order valence-corrected chi connectivity index (χ3v) is 9.73. The quantitative estimate of drug-likeness (QED) is 0.159. The maximum Gasteiger partial charge on any atom is 0.737 e. The van der Waals surface area contributed by atoms with Crippen LogP contribution in [0.4, 0.5) is 8.63 Å². The van der Waals surface area contributed by atoms with Crippen LogP contribution in [0.2, 0.25) is 0 Å². The summed E-state index contributed by atoms with van der Waals surface area (Å²) >= 11 is 0. The van der Waals surface area contributed by atoms with E-state index in [4.69, 9.17) is 0 Å². The molecule has 0 N–H and O–H groups in total. The SMILES string of the molecule is F[B-]1(F)n2c(c(-c3ccccc3)c(-c3ccccc3)c2-c2ccccc2)C=C2C(c3ccccc3)=C(c3ccccc3)C(c3ccccc3)=[N+]21. The van der Waals surface area contributed by atoms with Crippen LogP contribution < -0.4 is 0 Å². The van der Waals surface area contributed by atoms with Crippen LogP contribution in [0.1, 0.15) is 22.4 Å². The van der Waals surface area contributed by atoms with Crippen molar-refractivity contribution >= 4 is 29.9 Å². The van der Waals surface area contributed by atoms with Crippen molar-refractivity contribution in [3.8, 4) is 33.5 Å². The summed E-state index contributed by atoms with van der Waals surface area (Å²) in [6.07, 6.45) is 2.00. The van der Waals surface area contributed by atoms with E-state index in [0.29, 0.717) is 22.8 Å². The number of halogens is 2. The summed E-state index contributed by atoms with van der Waals surface area (Å²) in [6, 6.07) is 59.0. The number of nitrogens with zero attached hydrogens (tertiary/aromatic N) is 2. The zero-order chi connectivity index (χ0) is 33.7. The number of fused-ring (bicyclic) bond motifs is 2. The molecule has 2 aliphatic heterocycles. The van der Waals surface area contributed by atoms with Gasteiger partial charge in [-0.05, 0) is 39.9 Å². The van der Waals surface area contributed by atoms with Crippen LogP contribution in [0.5, 0.6) is 0 Å². The second kappa shape index (κ2) is 12.0. The Morgan fingerprint density at radius 2 is 0.780 bits per heavy atom. The van der Waals surface area contributed by atoms with E-state index in [-0.39, 0.29) is 0 Å². The Hall–Kier alpha value is -6.33. The van der Waals surface area contributed by atoms with E-state index in [2.05, 4.69) is 0 Å². The van der Waals surface area contributed by atoms with E-state index in [1.54, 1.807) is 0 Å². The summed E-state index contributed by atoms with van der Waals surface area (Å²) in [4.78, 5) is 0. The van der Waals surface area contributed by atoms with Gasteiger partial charge in [0.15, 0.2) is 11.4 Å². The minimum absolute atomic E-state index is 0.486. The van der Waals surface area contributed by atoms with Gasteiger partial charge in [-0.15, -0.1) is 0 Å². The Labute approximate surface area is 290 Å². The number of rotatable bonds is 6. The highest BCUT2D eigenvalue weighted by Crippen LogP contribution is 2.53. The fourth-order valence-electron chi connectivity index (χ4n) is 7.71. The molecule has 0 unspecified atom stereocenters. The Kier molecular flexibility index (Phi) is 7.13. The predicted octanol–water partition coefficient (Wildman–Crippen LogP) is 11.2. The third kappa shape index (κ3) is 4.66. The van der Waals surface area contributed by atoms with Crippen molar-refractivity contribution in [3.63, 3.8) is 0 Å². The standard InChI is InChI=1S/C45H31BF2N2/c47-46(48)49-38(40(32-19-7-1-8-20-32)42(34-23-11-3-12-24-34)44(49)36-27-15-5-16-28-36)31-39-41(33-21-9-2-10-22-33)43(35-25-13-4-14-26-35)45(50(39)46)37-29-17-6-18-30-37/h1-31H. The minimum Gasteiger partial charge on any atom is -0.389 e. The zero-order valence-corrected chi connectivity index (χ0v) is 27.1. The number of hydrogen-bond donors (Lipinski definition) is 0. The fourth-order valence-corrected chi connectivity index (χ4v) is 7.71. The lowest BCUT2D eigenvalue weighted by Gasteiger charge is -2.32. The van der Waals surface area contributed by atoms with Gasteiger partial charge in [0.2, 0.25) is 0 Å². The Morgan fingerprint density at radius 3 is 1.26 bits per heavy atom. The lowest BCUT2D eigenvalue weighted by Crippen LogP contribution is -2.51. The summed E-state index contributed by atoms with van der Waals surface area (Å²) in [5.41, 5.74) is 10.1. The number of aromatic nitrogens is 1. The van der Waals surface area contributed by atoms with Gasteiger partial charge in [0.25, 0.3) is 0 Å². The summed E-state index contributed by atoms with van der Waals surface area (Å²) in [5, 5.41) is 0. The maximum absolute atomic E-state index is 18.5. The fraction of sp³-hybridized carbons (Fsp3) is 0. The van der Waals surface area contributed by atoms with Gasteiger partial charge in [0.1, 0.15) is 0 Å². The van der Waals surface area contributed by atoms with Crippen LogP contribution in [0, 0.1) is 0 Å². The Bertz CT molecular complexity index is 2450. The third-order valence-electron chi connectivity index (χ3n) is 9.73. The molecule has 0 amide bonds. The molecule has 7 aromatic rings. The lowest BCUT2D eigenvalue weighted by molar-refractivity contribution is -0.358. The van der Waals surface area contributed by atoms with E-state index in [0.717, 1.165) is 55.7 Å². The van der Waals surface area contributed by atoms with E-state index in [1.807, 2.05) is 188 Å². The number of benzene rings is 6. The normalized spacial score (nSPS) is 14.7. The monoisotopic (exact) mass is 648 g/mol. The van der Waals surface area contributed by atoms with Crippen molar-refractivity contribution in [1.82, 2.24) is 4.48 Å². The maximum atomic E-state index is 18.5. The molecule has 50 heavy (non-hydrogen) atoms. The highest BCUT2D eigenvalue weighted by Gasteiger charge is 2.57. The molecule has 0 saturated carbocycles. The molecule has 0 fully saturated rings. The molecule has 6 aromatic carbocycles. The number of hydrogen-bond acceptors (Lipinski definition) is 0. The first kappa shape index (κ1) is 29.8. The summed E-state index contributed by atoms with van der Waals surface area (Å²) in [7, 11) is 0. The molecule has 2 nitrogen and oxygen atoms in total. The number of allylic oxidation sites excluding steroid dienone is 2. The summed E-state index contributed by atoms with van der Waals surface area (Å²) in [6.45, 7) is -4.48. The first-order chi connectivity index (χ1) is 24.6. The molecule has 238 valence electrons. The second-order valence-corrected chi connectivity index (χ2v) is 12.6. The van der Waals surface area contributed by atoms with Crippen LogP contribution in [-0.2, 0) is 0 Å². The average molecular weight is 649 g/mol. The smallest absolute Gasteiger partial charge is 0.389 e. The van der Waals surface area contributed by atoms with E-state index in [1.165, 1.54) is 8.96 Å². The van der Waals surface area contributed by atoms with Crippen molar-refractivity contribution < 1.29 is 13.1 Å². The molecule has 0 atom stereocenters. The molecule has 9 rings (SSSR count). The molecule has 3 heterocycles. The molecule has 0 aliphatic carbocycles. The first-order valence-electron chi connectivity index (χ1n) is 16.9.